The second-order valence-corrected chi connectivity index (χ2v) is 11.3. The Morgan fingerprint density at radius 3 is 1.61 bits per heavy atom. The zero-order valence-electron chi connectivity index (χ0n) is 26.3. The fourth-order valence-corrected chi connectivity index (χ4v) is 4.42. The van der Waals surface area contributed by atoms with Gasteiger partial charge in [-0.2, -0.15) is 0 Å². The summed E-state index contributed by atoms with van der Waals surface area (Å²) in [5.41, 5.74) is -1.22. The number of methoxy groups -OCH3 is 1. The van der Waals surface area contributed by atoms with E-state index in [0.717, 1.165) is 70.6 Å². The summed E-state index contributed by atoms with van der Waals surface area (Å²) in [5.74, 6) is -0.889. The normalized spacial score (nSPS) is 12.2. The molecule has 0 rings (SSSR count). The van der Waals surface area contributed by atoms with Gasteiger partial charge in [0.2, 0.25) is 0 Å². The van der Waals surface area contributed by atoms with Crippen molar-refractivity contribution in [3.8, 4) is 0 Å². The number of esters is 3. The maximum atomic E-state index is 12.5. The fourth-order valence-electron chi connectivity index (χ4n) is 4.42. The van der Waals surface area contributed by atoms with Crippen LogP contribution in [-0.2, 0) is 33.3 Å². The molecule has 0 aliphatic rings. The maximum absolute atomic E-state index is 12.5. The van der Waals surface area contributed by atoms with Gasteiger partial charge in [0.1, 0.15) is 13.2 Å². The van der Waals surface area contributed by atoms with Gasteiger partial charge < -0.3 is 29.2 Å². The highest BCUT2D eigenvalue weighted by Gasteiger charge is 2.33. The van der Waals surface area contributed by atoms with E-state index in [1.807, 2.05) is 0 Å². The summed E-state index contributed by atoms with van der Waals surface area (Å²) >= 11 is 0. The standard InChI is InChI=1S/C32H60O9/c1-4-6-8-13-19-28(18-7-5-2)31(37)39-23-17-12-10-15-21-30(36)41-27-32(24-33,25-34)26-40-29(35)20-14-9-11-16-22-38-3/h28,33-34H,4-27H2,1-3H3. The Balaban J connectivity index is 4.13. The van der Waals surface area contributed by atoms with E-state index in [1.54, 1.807) is 7.11 Å². The number of rotatable bonds is 29. The van der Waals surface area contributed by atoms with Gasteiger partial charge in [0, 0.05) is 26.6 Å². The second-order valence-electron chi connectivity index (χ2n) is 11.3. The van der Waals surface area contributed by atoms with Crippen molar-refractivity contribution >= 4 is 17.9 Å². The summed E-state index contributed by atoms with van der Waals surface area (Å²) in [7, 11) is 1.66. The van der Waals surface area contributed by atoms with Crippen molar-refractivity contribution in [3.05, 3.63) is 0 Å². The Hall–Kier alpha value is -1.71. The Bertz CT molecular complexity index is 649. The minimum absolute atomic E-state index is 0.00583. The Morgan fingerprint density at radius 2 is 1.10 bits per heavy atom. The minimum atomic E-state index is -1.22. The van der Waals surface area contributed by atoms with Crippen LogP contribution in [0.25, 0.3) is 0 Å². The number of carbonyl (C=O) groups excluding carboxylic acids is 3. The Kier molecular flexibility index (Phi) is 26.0. The fraction of sp³-hybridized carbons (Fsp3) is 0.906. The van der Waals surface area contributed by atoms with Gasteiger partial charge in [-0.25, -0.2) is 0 Å². The predicted molar refractivity (Wildman–Crippen MR) is 159 cm³/mol. The molecule has 9 heteroatoms. The van der Waals surface area contributed by atoms with E-state index in [1.165, 1.54) is 19.3 Å². The molecular formula is C32H60O9. The van der Waals surface area contributed by atoms with Gasteiger partial charge in [-0.3, -0.25) is 14.4 Å². The summed E-state index contributed by atoms with van der Waals surface area (Å²) < 4.78 is 21.1. The number of aliphatic hydroxyl groups is 2. The van der Waals surface area contributed by atoms with E-state index < -0.39 is 30.6 Å². The smallest absolute Gasteiger partial charge is 0.308 e. The van der Waals surface area contributed by atoms with Crippen molar-refractivity contribution in [2.24, 2.45) is 11.3 Å². The number of unbranched alkanes of at least 4 members (excludes halogenated alkanes) is 10. The van der Waals surface area contributed by atoms with Crippen LogP contribution in [0.4, 0.5) is 0 Å². The molecule has 0 aromatic rings. The molecule has 2 N–H and O–H groups in total. The highest BCUT2D eigenvalue weighted by molar-refractivity contribution is 5.72. The van der Waals surface area contributed by atoms with Crippen LogP contribution in [0.15, 0.2) is 0 Å². The molecule has 0 fully saturated rings. The molecule has 0 spiro atoms. The molecule has 0 saturated carbocycles. The first-order valence-corrected chi connectivity index (χ1v) is 16.1. The molecule has 0 aliphatic carbocycles. The topological polar surface area (TPSA) is 129 Å². The molecule has 0 aromatic heterocycles. The van der Waals surface area contributed by atoms with Gasteiger partial charge in [-0.15, -0.1) is 0 Å². The van der Waals surface area contributed by atoms with Gasteiger partial charge in [-0.1, -0.05) is 78.1 Å². The second kappa shape index (κ2) is 27.1. The molecule has 242 valence electrons. The molecule has 0 heterocycles. The largest absolute Gasteiger partial charge is 0.465 e. The lowest BCUT2D eigenvalue weighted by molar-refractivity contribution is -0.159. The average molecular weight is 589 g/mol. The minimum Gasteiger partial charge on any atom is -0.465 e. The van der Waals surface area contributed by atoms with Crippen molar-refractivity contribution in [1.82, 2.24) is 0 Å². The van der Waals surface area contributed by atoms with Gasteiger partial charge in [0.15, 0.2) is 0 Å². The van der Waals surface area contributed by atoms with Crippen LogP contribution >= 0.6 is 0 Å². The first kappa shape index (κ1) is 39.3. The van der Waals surface area contributed by atoms with Crippen LogP contribution in [0.1, 0.15) is 129 Å². The van der Waals surface area contributed by atoms with Crippen molar-refractivity contribution < 1.29 is 43.5 Å². The maximum Gasteiger partial charge on any atom is 0.308 e. The highest BCUT2D eigenvalue weighted by Crippen LogP contribution is 2.20. The summed E-state index contributed by atoms with van der Waals surface area (Å²) in [6.07, 6.45) is 15.6. The molecule has 1 atom stereocenters. The predicted octanol–water partition coefficient (Wildman–Crippen LogP) is 5.91. The number of ether oxygens (including phenoxy) is 4. The van der Waals surface area contributed by atoms with Gasteiger partial charge in [0.25, 0.3) is 0 Å². The molecule has 0 aliphatic heterocycles. The van der Waals surface area contributed by atoms with E-state index in [4.69, 9.17) is 18.9 Å². The lowest BCUT2D eigenvalue weighted by Gasteiger charge is -2.28. The summed E-state index contributed by atoms with van der Waals surface area (Å²) in [6, 6.07) is 0. The van der Waals surface area contributed by atoms with Crippen LogP contribution in [0, 0.1) is 11.3 Å². The lowest BCUT2D eigenvalue weighted by atomic mass is 9.92. The monoisotopic (exact) mass is 588 g/mol. The van der Waals surface area contributed by atoms with Crippen LogP contribution < -0.4 is 0 Å². The van der Waals surface area contributed by atoms with Crippen LogP contribution in [-0.4, -0.2) is 74.9 Å². The molecule has 1 unspecified atom stereocenters. The van der Waals surface area contributed by atoms with Crippen molar-refractivity contribution in [2.45, 2.75) is 129 Å². The molecule has 0 saturated heterocycles. The van der Waals surface area contributed by atoms with Gasteiger partial charge in [0.05, 0.1) is 31.2 Å². The summed E-state index contributed by atoms with van der Waals surface area (Å²) in [6.45, 7) is 4.04. The van der Waals surface area contributed by atoms with E-state index in [2.05, 4.69) is 13.8 Å². The van der Waals surface area contributed by atoms with Gasteiger partial charge in [-0.05, 0) is 38.5 Å². The molecule has 9 nitrogen and oxygen atoms in total. The van der Waals surface area contributed by atoms with E-state index in [-0.39, 0.29) is 37.9 Å². The number of hydrogen-bond acceptors (Lipinski definition) is 9. The molecular weight excluding hydrogens is 528 g/mol. The van der Waals surface area contributed by atoms with Crippen molar-refractivity contribution in [1.29, 1.82) is 0 Å². The Labute approximate surface area is 249 Å². The zero-order valence-corrected chi connectivity index (χ0v) is 26.3. The highest BCUT2D eigenvalue weighted by atomic mass is 16.6. The summed E-state index contributed by atoms with van der Waals surface area (Å²) in [5, 5.41) is 19.6. The first-order chi connectivity index (χ1) is 19.9. The van der Waals surface area contributed by atoms with E-state index in [9.17, 15) is 24.6 Å². The van der Waals surface area contributed by atoms with Crippen molar-refractivity contribution in [3.63, 3.8) is 0 Å². The number of carbonyl (C=O) groups is 3. The van der Waals surface area contributed by atoms with E-state index in [0.29, 0.717) is 26.1 Å². The number of aliphatic hydroxyl groups excluding tert-OH is 2. The zero-order chi connectivity index (χ0) is 30.6. The molecule has 41 heavy (non-hydrogen) atoms. The average Bonchev–Trinajstić information content (AvgIpc) is 2.98. The SMILES string of the molecule is CCCCCCC(CCCC)C(=O)OCCCCCCC(=O)OCC(CO)(CO)COC(=O)CCCCCCOC. The van der Waals surface area contributed by atoms with Crippen molar-refractivity contribution in [2.75, 3.05) is 46.8 Å². The quantitative estimate of drug-likeness (QED) is 0.0622. The molecule has 0 amide bonds. The number of hydrogen-bond donors (Lipinski definition) is 2. The van der Waals surface area contributed by atoms with Crippen LogP contribution in [0.3, 0.4) is 0 Å². The van der Waals surface area contributed by atoms with E-state index >= 15 is 0 Å². The lowest BCUT2D eigenvalue weighted by Crippen LogP contribution is -2.41. The van der Waals surface area contributed by atoms with Gasteiger partial charge >= 0.3 is 17.9 Å². The Morgan fingerprint density at radius 1 is 0.610 bits per heavy atom. The molecule has 0 bridgehead atoms. The third kappa shape index (κ3) is 21.6. The molecule has 0 aromatic carbocycles. The molecule has 0 radical (unpaired) electrons. The van der Waals surface area contributed by atoms with Crippen LogP contribution in [0.2, 0.25) is 0 Å². The summed E-state index contributed by atoms with van der Waals surface area (Å²) in [4.78, 5) is 36.8. The third-order valence-electron chi connectivity index (χ3n) is 7.39. The van der Waals surface area contributed by atoms with Crippen LogP contribution in [0.5, 0.6) is 0 Å². The first-order valence-electron chi connectivity index (χ1n) is 16.1. The third-order valence-corrected chi connectivity index (χ3v) is 7.39.